The van der Waals surface area contributed by atoms with Crippen LogP contribution in [0, 0.1) is 0 Å². The fraction of sp³-hybridized carbons (Fsp3) is 0.655. The molecule has 0 saturated heterocycles. The van der Waals surface area contributed by atoms with E-state index in [2.05, 4.69) is 76.4 Å². The Bertz CT molecular complexity index is 1890. The minimum atomic E-state index is -0.156. The number of carbonyl (C=O) groups excluding carboxylic acids is 2. The van der Waals surface area contributed by atoms with Gasteiger partial charge in [0.1, 0.15) is 0 Å². The maximum Gasteiger partial charge on any atom is 0.257 e. The summed E-state index contributed by atoms with van der Waals surface area (Å²) >= 11 is 0. The molecule has 0 aromatic heterocycles. The van der Waals surface area contributed by atoms with Gasteiger partial charge in [-0.05, 0) is 107 Å². The smallest absolute Gasteiger partial charge is 0.257 e. The maximum absolute atomic E-state index is 13.2. The molecule has 2 N–H and O–H groups in total. The fourth-order valence-electron chi connectivity index (χ4n) is 8.49. The average Bonchev–Trinajstić information content (AvgIpc) is 3.34. The van der Waals surface area contributed by atoms with E-state index in [0.29, 0.717) is 74.0 Å². The number of benzene rings is 4. The lowest BCUT2D eigenvalue weighted by Gasteiger charge is -2.20. The fourth-order valence-corrected chi connectivity index (χ4v) is 8.49. The zero-order valence-corrected chi connectivity index (χ0v) is 43.4. The van der Waals surface area contributed by atoms with E-state index in [0.717, 1.165) is 186 Å². The lowest BCUT2D eigenvalue weighted by molar-refractivity contribution is -0.123. The van der Waals surface area contributed by atoms with E-state index in [1.807, 2.05) is 12.1 Å². The van der Waals surface area contributed by atoms with Gasteiger partial charge in [0.15, 0.2) is 47.7 Å². The third-order valence-corrected chi connectivity index (χ3v) is 12.6. The highest BCUT2D eigenvalue weighted by Crippen LogP contribution is 2.47. The summed E-state index contributed by atoms with van der Waals surface area (Å²) in [5.74, 6) is 3.29. The van der Waals surface area contributed by atoms with Crippen molar-refractivity contribution < 1.29 is 38.0 Å². The monoisotopic (exact) mass is 943 g/mol. The van der Waals surface area contributed by atoms with Crippen LogP contribution in [-0.2, 0) is 9.59 Å². The molecule has 0 atom stereocenters. The third-order valence-electron chi connectivity index (χ3n) is 12.6. The molecular weight excluding hydrogens is 853 g/mol. The van der Waals surface area contributed by atoms with Crippen molar-refractivity contribution in [3.05, 3.63) is 36.4 Å². The highest BCUT2D eigenvalue weighted by Gasteiger charge is 2.21. The molecule has 4 aromatic rings. The van der Waals surface area contributed by atoms with E-state index in [1.165, 1.54) is 0 Å². The summed E-state index contributed by atoms with van der Waals surface area (Å²) < 4.78 is 39.3. The van der Waals surface area contributed by atoms with Crippen LogP contribution in [0.1, 0.15) is 196 Å². The molecule has 0 heterocycles. The van der Waals surface area contributed by atoms with Gasteiger partial charge < -0.3 is 39.1 Å². The van der Waals surface area contributed by atoms with E-state index >= 15 is 0 Å². The van der Waals surface area contributed by atoms with Gasteiger partial charge in [-0.15, -0.1) is 0 Å². The summed E-state index contributed by atoms with van der Waals surface area (Å²) in [5, 5.41) is 11.7. The Hall–Kier alpha value is -4.60. The van der Waals surface area contributed by atoms with Crippen LogP contribution in [0.3, 0.4) is 0 Å². The Morgan fingerprint density at radius 1 is 0.309 bits per heavy atom. The molecule has 68 heavy (non-hydrogen) atoms. The number of carbonyl (C=O) groups is 2. The number of fused-ring (bicyclic) bond motifs is 6. The first-order chi connectivity index (χ1) is 33.4. The van der Waals surface area contributed by atoms with Crippen LogP contribution in [-0.4, -0.2) is 64.5 Å². The van der Waals surface area contributed by atoms with Crippen LogP contribution in [0.15, 0.2) is 36.4 Å². The predicted molar refractivity (Wildman–Crippen MR) is 283 cm³/mol. The number of unbranched alkanes of at least 4 members (excludes halogenated alkanes) is 18. The van der Waals surface area contributed by atoms with Crippen molar-refractivity contribution in [2.45, 2.75) is 196 Å². The number of amides is 2. The molecule has 10 nitrogen and oxygen atoms in total. The quantitative estimate of drug-likeness (QED) is 0.0335. The molecule has 0 aliphatic rings. The highest BCUT2D eigenvalue weighted by atomic mass is 16.5. The van der Waals surface area contributed by atoms with Crippen molar-refractivity contribution >= 4 is 44.1 Å². The molecule has 2 amide bonds. The molecular formula is C58H90N2O8. The molecule has 4 aromatic carbocycles. The van der Waals surface area contributed by atoms with Crippen molar-refractivity contribution in [3.63, 3.8) is 0 Å². The lowest BCUT2D eigenvalue weighted by atomic mass is 9.93. The standard InChI is InChI=1S/C58H90N2O8/c1-7-13-19-25-31-59-57(61)43-67-55-41-49-45-37-51(63-33-27-21-15-9-3)52(64-34-28-22-16-10-4)38-46(45)50-42-56(68-44-58(62)60-32-26-20-14-8-2)54(66-36-30-24-18-12-6)40-48(50)47(49)39-53(55)65-35-29-23-17-11-5/h37-42H,7-36,43-44H2,1-6H3,(H,59,61)(H,60,62). The minimum absolute atomic E-state index is 0.123. The number of hydrogen-bond donors (Lipinski definition) is 2. The first-order valence-corrected chi connectivity index (χ1v) is 27.2. The summed E-state index contributed by atoms with van der Waals surface area (Å²) in [6, 6.07) is 12.4. The van der Waals surface area contributed by atoms with E-state index < -0.39 is 0 Å². The first-order valence-electron chi connectivity index (χ1n) is 27.2. The maximum atomic E-state index is 13.2. The van der Waals surface area contributed by atoms with Gasteiger partial charge in [0.25, 0.3) is 11.8 Å². The van der Waals surface area contributed by atoms with E-state index in [9.17, 15) is 9.59 Å². The summed E-state index contributed by atoms with van der Waals surface area (Å²) in [4.78, 5) is 26.4. The van der Waals surface area contributed by atoms with Crippen molar-refractivity contribution in [3.8, 4) is 34.5 Å². The van der Waals surface area contributed by atoms with Gasteiger partial charge in [0.2, 0.25) is 0 Å². The van der Waals surface area contributed by atoms with E-state index in [1.54, 1.807) is 0 Å². The lowest BCUT2D eigenvalue weighted by Crippen LogP contribution is -2.29. The first kappa shape index (κ1) is 56.0. The van der Waals surface area contributed by atoms with Gasteiger partial charge in [-0.3, -0.25) is 9.59 Å². The molecule has 0 saturated carbocycles. The van der Waals surface area contributed by atoms with Gasteiger partial charge in [0.05, 0.1) is 26.4 Å². The molecule has 0 bridgehead atoms. The van der Waals surface area contributed by atoms with Crippen LogP contribution in [0.4, 0.5) is 0 Å². The summed E-state index contributed by atoms with van der Waals surface area (Å²) in [6.45, 7) is 16.4. The number of ether oxygens (including phenoxy) is 6. The Labute approximate surface area is 410 Å². The Morgan fingerprint density at radius 3 is 0.765 bits per heavy atom. The van der Waals surface area contributed by atoms with E-state index in [4.69, 9.17) is 28.4 Å². The van der Waals surface area contributed by atoms with Gasteiger partial charge in [-0.1, -0.05) is 157 Å². The Balaban J connectivity index is 1.93. The summed E-state index contributed by atoms with van der Waals surface area (Å²) in [7, 11) is 0. The van der Waals surface area contributed by atoms with Crippen LogP contribution < -0.4 is 39.1 Å². The second-order valence-corrected chi connectivity index (χ2v) is 18.6. The second kappa shape index (κ2) is 33.8. The summed E-state index contributed by atoms with van der Waals surface area (Å²) in [6.07, 6.45) is 25.9. The molecule has 380 valence electrons. The van der Waals surface area contributed by atoms with Crippen LogP contribution in [0.5, 0.6) is 34.5 Å². The number of nitrogens with one attached hydrogen (secondary N) is 2. The largest absolute Gasteiger partial charge is 0.490 e. The summed E-state index contributed by atoms with van der Waals surface area (Å²) in [5.41, 5.74) is 0. The Morgan fingerprint density at radius 2 is 0.529 bits per heavy atom. The van der Waals surface area contributed by atoms with Gasteiger partial charge in [-0.25, -0.2) is 0 Å². The second-order valence-electron chi connectivity index (χ2n) is 18.6. The molecule has 0 aliphatic heterocycles. The van der Waals surface area contributed by atoms with Crippen molar-refractivity contribution in [1.29, 1.82) is 0 Å². The third kappa shape index (κ3) is 19.4. The molecule has 4 rings (SSSR count). The highest BCUT2D eigenvalue weighted by molar-refractivity contribution is 6.27. The molecule has 0 aliphatic carbocycles. The Kier molecular flexibility index (Phi) is 27.8. The van der Waals surface area contributed by atoms with Crippen LogP contribution in [0.2, 0.25) is 0 Å². The number of hydrogen-bond acceptors (Lipinski definition) is 8. The van der Waals surface area contributed by atoms with Gasteiger partial charge >= 0.3 is 0 Å². The van der Waals surface area contributed by atoms with Crippen LogP contribution >= 0.6 is 0 Å². The normalized spacial score (nSPS) is 11.3. The SMILES string of the molecule is CCCCCCNC(=O)COc1cc2c3cc(OCCCCCC)c(OCCCCCC)cc3c3cc(OCC(=O)NCCCCCC)c(OCCCCCC)cc3c2cc1OCCCCCC. The predicted octanol–water partition coefficient (Wildman–Crippen LogP) is 15.1. The zero-order valence-electron chi connectivity index (χ0n) is 43.4. The molecule has 0 unspecified atom stereocenters. The number of rotatable bonds is 40. The molecule has 0 radical (unpaired) electrons. The van der Waals surface area contributed by atoms with Crippen molar-refractivity contribution in [2.75, 3.05) is 52.7 Å². The minimum Gasteiger partial charge on any atom is -0.490 e. The average molecular weight is 943 g/mol. The van der Waals surface area contributed by atoms with Crippen LogP contribution in [0.25, 0.3) is 32.3 Å². The molecule has 10 heteroatoms. The molecule has 0 spiro atoms. The zero-order chi connectivity index (χ0) is 48.6. The van der Waals surface area contributed by atoms with Gasteiger partial charge in [0, 0.05) is 13.1 Å². The van der Waals surface area contributed by atoms with E-state index in [-0.39, 0.29) is 25.0 Å². The topological polar surface area (TPSA) is 114 Å². The van der Waals surface area contributed by atoms with Crippen molar-refractivity contribution in [1.82, 2.24) is 10.6 Å². The van der Waals surface area contributed by atoms with Crippen molar-refractivity contribution in [2.24, 2.45) is 0 Å². The van der Waals surface area contributed by atoms with Gasteiger partial charge in [-0.2, -0.15) is 0 Å². The molecule has 0 fully saturated rings.